The lowest BCUT2D eigenvalue weighted by Crippen LogP contribution is -2.37. The molecule has 1 amide bonds. The van der Waals surface area contributed by atoms with Crippen LogP contribution in [-0.2, 0) is 4.79 Å². The summed E-state index contributed by atoms with van der Waals surface area (Å²) in [4.78, 5) is 25.0. The minimum atomic E-state index is -0.503. The Morgan fingerprint density at radius 2 is 2.04 bits per heavy atom. The molecule has 1 unspecified atom stereocenters. The molecule has 2 aromatic heterocycles. The number of rotatable bonds is 6. The largest absolute Gasteiger partial charge is 0.368 e. The van der Waals surface area contributed by atoms with Crippen LogP contribution >= 0.6 is 0 Å². The summed E-state index contributed by atoms with van der Waals surface area (Å²) in [6.07, 6.45) is 5.87. The summed E-state index contributed by atoms with van der Waals surface area (Å²) in [5.41, 5.74) is 9.44. The van der Waals surface area contributed by atoms with E-state index in [0.717, 1.165) is 27.6 Å². The van der Waals surface area contributed by atoms with Crippen LogP contribution in [-0.4, -0.2) is 26.9 Å². The Hall–Kier alpha value is -3.02. The summed E-state index contributed by atoms with van der Waals surface area (Å²) in [6, 6.07) is 7.68. The lowest BCUT2D eigenvalue weighted by Gasteiger charge is -2.17. The van der Waals surface area contributed by atoms with Crippen LogP contribution in [0.15, 0.2) is 42.9 Å². The number of benzene rings is 1. The minimum absolute atomic E-state index is 0.326. The van der Waals surface area contributed by atoms with Gasteiger partial charge in [0.05, 0.1) is 5.52 Å². The number of hydrogen-bond acceptors (Lipinski definition) is 5. The highest BCUT2D eigenvalue weighted by Gasteiger charge is 2.18. The molecule has 0 aliphatic rings. The average Bonchev–Trinajstić information content (AvgIpc) is 2.60. The maximum atomic E-state index is 11.7. The van der Waals surface area contributed by atoms with Gasteiger partial charge < -0.3 is 11.1 Å². The second kappa shape index (κ2) is 7.47. The van der Waals surface area contributed by atoms with Gasteiger partial charge in [0.2, 0.25) is 11.9 Å². The zero-order valence-electron chi connectivity index (χ0n) is 15.2. The number of amides is 1. The van der Waals surface area contributed by atoms with Gasteiger partial charge in [-0.3, -0.25) is 9.78 Å². The van der Waals surface area contributed by atoms with Crippen LogP contribution in [0.1, 0.15) is 25.8 Å². The van der Waals surface area contributed by atoms with Crippen molar-refractivity contribution in [3.8, 4) is 11.1 Å². The molecule has 6 heteroatoms. The van der Waals surface area contributed by atoms with Crippen molar-refractivity contribution < 1.29 is 4.79 Å². The monoisotopic (exact) mass is 349 g/mol. The number of carbonyl (C=O) groups excluding carboxylic acids is 1. The summed E-state index contributed by atoms with van der Waals surface area (Å²) >= 11 is 0. The lowest BCUT2D eigenvalue weighted by molar-refractivity contribution is -0.119. The Kier molecular flexibility index (Phi) is 5.11. The fourth-order valence-electron chi connectivity index (χ4n) is 2.92. The number of hydrogen-bond donors (Lipinski definition) is 2. The van der Waals surface area contributed by atoms with Gasteiger partial charge in [-0.05, 0) is 24.8 Å². The topological polar surface area (TPSA) is 93.8 Å². The van der Waals surface area contributed by atoms with Crippen LogP contribution in [0.2, 0.25) is 0 Å². The number of anilines is 1. The Morgan fingerprint density at radius 1 is 1.23 bits per heavy atom. The first-order chi connectivity index (χ1) is 12.4. The third kappa shape index (κ3) is 3.96. The summed E-state index contributed by atoms with van der Waals surface area (Å²) in [5.74, 6) is 0.311. The highest BCUT2D eigenvalue weighted by molar-refractivity contribution is 5.93. The van der Waals surface area contributed by atoms with Crippen LogP contribution < -0.4 is 11.1 Å². The van der Waals surface area contributed by atoms with Crippen molar-refractivity contribution in [2.75, 3.05) is 5.32 Å². The molecule has 0 saturated heterocycles. The van der Waals surface area contributed by atoms with Crippen molar-refractivity contribution in [1.82, 2.24) is 15.0 Å². The molecule has 134 valence electrons. The minimum Gasteiger partial charge on any atom is -0.368 e. The van der Waals surface area contributed by atoms with Gasteiger partial charge in [0.15, 0.2) is 0 Å². The second-order valence-corrected chi connectivity index (χ2v) is 6.92. The number of pyridine rings is 1. The van der Waals surface area contributed by atoms with E-state index in [1.807, 2.05) is 39.0 Å². The first kappa shape index (κ1) is 17.8. The van der Waals surface area contributed by atoms with E-state index in [4.69, 9.17) is 5.73 Å². The van der Waals surface area contributed by atoms with Crippen molar-refractivity contribution >= 4 is 22.8 Å². The predicted octanol–water partition coefficient (Wildman–Crippen LogP) is 3.31. The number of aromatic nitrogens is 3. The lowest BCUT2D eigenvalue weighted by atomic mass is 10.0. The summed E-state index contributed by atoms with van der Waals surface area (Å²) in [7, 11) is 0. The van der Waals surface area contributed by atoms with Gasteiger partial charge in [-0.1, -0.05) is 43.7 Å². The van der Waals surface area contributed by atoms with E-state index >= 15 is 0 Å². The van der Waals surface area contributed by atoms with E-state index in [-0.39, 0.29) is 0 Å². The van der Waals surface area contributed by atoms with Crippen LogP contribution in [0, 0.1) is 12.8 Å². The molecule has 0 bridgehead atoms. The van der Waals surface area contributed by atoms with Crippen LogP contribution in [0.5, 0.6) is 0 Å². The Balaban J connectivity index is 2.02. The van der Waals surface area contributed by atoms with E-state index in [9.17, 15) is 4.79 Å². The number of nitrogens with one attached hydrogen (secondary N) is 1. The molecule has 3 rings (SSSR count). The fourth-order valence-corrected chi connectivity index (χ4v) is 2.92. The number of carbonyl (C=O) groups is 1. The molecule has 1 atom stereocenters. The van der Waals surface area contributed by atoms with Gasteiger partial charge in [0.25, 0.3) is 0 Å². The molecule has 1 aromatic carbocycles. The molecular formula is C20H23N5O. The van der Waals surface area contributed by atoms with Gasteiger partial charge in [0.1, 0.15) is 6.04 Å². The molecule has 26 heavy (non-hydrogen) atoms. The highest BCUT2D eigenvalue weighted by atomic mass is 16.1. The predicted molar refractivity (Wildman–Crippen MR) is 104 cm³/mol. The zero-order chi connectivity index (χ0) is 18.7. The molecule has 6 nitrogen and oxygen atoms in total. The van der Waals surface area contributed by atoms with E-state index < -0.39 is 11.9 Å². The van der Waals surface area contributed by atoms with Crippen molar-refractivity contribution in [1.29, 1.82) is 0 Å². The number of aryl methyl sites for hydroxylation is 1. The first-order valence-corrected chi connectivity index (χ1v) is 8.67. The van der Waals surface area contributed by atoms with Crippen molar-refractivity contribution in [2.45, 2.75) is 33.2 Å². The van der Waals surface area contributed by atoms with Gasteiger partial charge >= 0.3 is 0 Å². The average molecular weight is 349 g/mol. The van der Waals surface area contributed by atoms with Crippen molar-refractivity contribution in [3.05, 3.63) is 48.4 Å². The zero-order valence-corrected chi connectivity index (χ0v) is 15.2. The fraction of sp³-hybridized carbons (Fsp3) is 0.300. The van der Waals surface area contributed by atoms with E-state index in [1.54, 1.807) is 18.6 Å². The number of nitrogens with two attached hydrogens (primary N) is 1. The molecular weight excluding hydrogens is 326 g/mol. The molecule has 0 fully saturated rings. The molecule has 0 radical (unpaired) electrons. The smallest absolute Gasteiger partial charge is 0.240 e. The van der Waals surface area contributed by atoms with E-state index in [0.29, 0.717) is 18.3 Å². The van der Waals surface area contributed by atoms with Gasteiger partial charge in [-0.25, -0.2) is 9.97 Å². The Morgan fingerprint density at radius 3 is 2.73 bits per heavy atom. The van der Waals surface area contributed by atoms with Crippen molar-refractivity contribution in [2.24, 2.45) is 11.7 Å². The molecule has 0 aliphatic carbocycles. The summed E-state index contributed by atoms with van der Waals surface area (Å²) < 4.78 is 0. The second-order valence-electron chi connectivity index (χ2n) is 6.92. The highest BCUT2D eigenvalue weighted by Crippen LogP contribution is 2.27. The molecule has 3 aromatic rings. The molecule has 0 spiro atoms. The summed E-state index contributed by atoms with van der Waals surface area (Å²) in [5, 5.41) is 3.92. The van der Waals surface area contributed by atoms with E-state index in [2.05, 4.69) is 26.3 Å². The standard InChI is InChI=1S/C20H23N5O/c1-12(2)7-17(19(21)26)24-20-23-10-15-9-22-11-16(18(15)25-20)14-6-4-5-13(3)8-14/h4-6,8-12,17H,7H2,1-3H3,(H2,21,26)(H,23,24,25). The maximum absolute atomic E-state index is 11.7. The third-order valence-electron chi connectivity index (χ3n) is 4.17. The maximum Gasteiger partial charge on any atom is 0.240 e. The third-order valence-corrected chi connectivity index (χ3v) is 4.17. The Labute approximate surface area is 152 Å². The van der Waals surface area contributed by atoms with Crippen LogP contribution in [0.4, 0.5) is 5.95 Å². The Bertz CT molecular complexity index is 938. The molecule has 2 heterocycles. The molecule has 3 N–H and O–H groups in total. The van der Waals surface area contributed by atoms with Crippen molar-refractivity contribution in [3.63, 3.8) is 0 Å². The van der Waals surface area contributed by atoms with Crippen LogP contribution in [0.25, 0.3) is 22.0 Å². The SMILES string of the molecule is Cc1cccc(-c2cncc3cnc(NC(CC(C)C)C(N)=O)nc23)c1. The number of nitrogens with zero attached hydrogens (tertiary/aromatic N) is 3. The quantitative estimate of drug-likeness (QED) is 0.712. The van der Waals surface area contributed by atoms with Gasteiger partial charge in [-0.15, -0.1) is 0 Å². The van der Waals surface area contributed by atoms with Gasteiger partial charge in [-0.2, -0.15) is 0 Å². The van der Waals surface area contributed by atoms with Gasteiger partial charge in [0, 0.05) is 29.5 Å². The van der Waals surface area contributed by atoms with Crippen LogP contribution in [0.3, 0.4) is 0 Å². The normalized spacial score (nSPS) is 12.3. The number of fused-ring (bicyclic) bond motifs is 1. The first-order valence-electron chi connectivity index (χ1n) is 8.67. The molecule has 0 aliphatic heterocycles. The summed E-state index contributed by atoms with van der Waals surface area (Å²) in [6.45, 7) is 6.13. The van der Waals surface area contributed by atoms with E-state index in [1.165, 1.54) is 0 Å². The molecule has 0 saturated carbocycles. The number of primary amides is 1.